The van der Waals surface area contributed by atoms with Gasteiger partial charge in [-0.3, -0.25) is 0 Å². The van der Waals surface area contributed by atoms with Crippen molar-refractivity contribution in [2.24, 2.45) is 0 Å². The lowest BCUT2D eigenvalue weighted by atomic mass is 10.1. The molecule has 1 heterocycles. The highest BCUT2D eigenvalue weighted by Crippen LogP contribution is 2.25. The molecule has 0 saturated carbocycles. The average molecular weight is 278 g/mol. The highest BCUT2D eigenvalue weighted by molar-refractivity contribution is 5.38. The predicted molar refractivity (Wildman–Crippen MR) is 80.7 cm³/mol. The van der Waals surface area contributed by atoms with Crippen molar-refractivity contribution in [3.63, 3.8) is 0 Å². The van der Waals surface area contributed by atoms with Gasteiger partial charge in [-0.15, -0.1) is 0 Å². The summed E-state index contributed by atoms with van der Waals surface area (Å²) in [4.78, 5) is 0. The molecule has 0 radical (unpaired) electrons. The van der Waals surface area contributed by atoms with Crippen molar-refractivity contribution in [3.8, 4) is 11.5 Å². The lowest BCUT2D eigenvalue weighted by molar-refractivity contribution is 0.301. The molecular weight excluding hydrogens is 252 g/mol. The lowest BCUT2D eigenvalue weighted by Crippen LogP contribution is -2.00. The fourth-order valence-corrected chi connectivity index (χ4v) is 2.15. The summed E-state index contributed by atoms with van der Waals surface area (Å²) >= 11 is 0. The van der Waals surface area contributed by atoms with E-state index in [9.17, 15) is 0 Å². The van der Waals surface area contributed by atoms with Crippen molar-refractivity contribution in [3.05, 3.63) is 23.8 Å². The van der Waals surface area contributed by atoms with Crippen molar-refractivity contribution in [2.75, 3.05) is 19.8 Å². The highest BCUT2D eigenvalue weighted by Gasteiger charge is 2.21. The normalized spacial score (nSPS) is 17.0. The van der Waals surface area contributed by atoms with Crippen LogP contribution in [-0.2, 0) is 11.2 Å². The second-order valence-corrected chi connectivity index (χ2v) is 5.36. The molecule has 1 atom stereocenters. The quantitative estimate of drug-likeness (QED) is 0.606. The molecule has 1 saturated heterocycles. The summed E-state index contributed by atoms with van der Waals surface area (Å²) in [7, 11) is 0. The predicted octanol–water partition coefficient (Wildman–Crippen LogP) is 3.99. The van der Waals surface area contributed by atoms with E-state index in [-0.39, 0.29) is 0 Å². The van der Waals surface area contributed by atoms with Crippen LogP contribution in [0, 0.1) is 0 Å². The number of hydrogen-bond donors (Lipinski definition) is 0. The van der Waals surface area contributed by atoms with Crippen LogP contribution in [-0.4, -0.2) is 25.9 Å². The van der Waals surface area contributed by atoms with E-state index in [1.165, 1.54) is 5.56 Å². The summed E-state index contributed by atoms with van der Waals surface area (Å²) in [5.74, 6) is 1.86. The van der Waals surface area contributed by atoms with Gasteiger partial charge in [-0.05, 0) is 49.8 Å². The standard InChI is InChI=1S/C17H26O3/c1-3-8-18-16-10-14(6-5-7-15-13-20-15)11-17(12-16)19-9-4-2/h10-12,15H,3-9,13H2,1-2H3. The van der Waals surface area contributed by atoms with Gasteiger partial charge in [-0.1, -0.05) is 13.8 Å². The van der Waals surface area contributed by atoms with E-state index in [1.54, 1.807) is 0 Å². The molecule has 0 bridgehead atoms. The summed E-state index contributed by atoms with van der Waals surface area (Å²) in [6.07, 6.45) is 5.94. The van der Waals surface area contributed by atoms with Crippen LogP contribution in [0.25, 0.3) is 0 Å². The molecule has 0 aromatic heterocycles. The number of ether oxygens (including phenoxy) is 3. The third kappa shape index (κ3) is 5.41. The molecule has 1 unspecified atom stereocenters. The zero-order chi connectivity index (χ0) is 14.2. The number of rotatable bonds is 10. The molecule has 112 valence electrons. The molecule has 0 spiro atoms. The van der Waals surface area contributed by atoms with Crippen LogP contribution in [0.5, 0.6) is 11.5 Å². The van der Waals surface area contributed by atoms with Crippen LogP contribution in [0.3, 0.4) is 0 Å². The Hall–Kier alpha value is -1.22. The van der Waals surface area contributed by atoms with Crippen molar-refractivity contribution < 1.29 is 14.2 Å². The Bertz CT molecular complexity index is 373. The Morgan fingerprint density at radius 2 is 1.65 bits per heavy atom. The van der Waals surface area contributed by atoms with Gasteiger partial charge in [-0.2, -0.15) is 0 Å². The van der Waals surface area contributed by atoms with Gasteiger partial charge in [0.15, 0.2) is 0 Å². The van der Waals surface area contributed by atoms with E-state index in [2.05, 4.69) is 26.0 Å². The zero-order valence-electron chi connectivity index (χ0n) is 12.7. The minimum absolute atomic E-state index is 0.519. The molecule has 3 heteroatoms. The molecule has 1 aromatic carbocycles. The molecule has 0 N–H and O–H groups in total. The van der Waals surface area contributed by atoms with Gasteiger partial charge in [0.2, 0.25) is 0 Å². The molecule has 20 heavy (non-hydrogen) atoms. The largest absolute Gasteiger partial charge is 0.493 e. The van der Waals surface area contributed by atoms with Gasteiger partial charge in [0.25, 0.3) is 0 Å². The molecule has 0 amide bonds. The van der Waals surface area contributed by atoms with Crippen LogP contribution in [0.1, 0.15) is 45.1 Å². The van der Waals surface area contributed by atoms with Crippen molar-refractivity contribution in [2.45, 2.75) is 52.1 Å². The van der Waals surface area contributed by atoms with Gasteiger partial charge in [0.05, 0.1) is 25.9 Å². The third-order valence-electron chi connectivity index (χ3n) is 3.28. The second-order valence-electron chi connectivity index (χ2n) is 5.36. The molecule has 2 rings (SSSR count). The van der Waals surface area contributed by atoms with Crippen molar-refractivity contribution in [1.82, 2.24) is 0 Å². The maximum atomic E-state index is 5.75. The number of hydrogen-bond acceptors (Lipinski definition) is 3. The lowest BCUT2D eigenvalue weighted by Gasteiger charge is -2.11. The SMILES string of the molecule is CCCOc1cc(CCCC2CO2)cc(OCCC)c1. The van der Waals surface area contributed by atoms with E-state index in [1.807, 2.05) is 6.07 Å². The topological polar surface area (TPSA) is 31.0 Å². The Morgan fingerprint density at radius 3 is 2.15 bits per heavy atom. The van der Waals surface area contributed by atoms with E-state index < -0.39 is 0 Å². The first-order valence-corrected chi connectivity index (χ1v) is 7.83. The fraction of sp³-hybridized carbons (Fsp3) is 0.647. The van der Waals surface area contributed by atoms with E-state index in [0.29, 0.717) is 6.10 Å². The maximum absolute atomic E-state index is 5.75. The van der Waals surface area contributed by atoms with E-state index in [4.69, 9.17) is 14.2 Å². The van der Waals surface area contributed by atoms with Gasteiger partial charge in [0.1, 0.15) is 11.5 Å². The number of epoxide rings is 1. The summed E-state index contributed by atoms with van der Waals surface area (Å²) in [5.41, 5.74) is 1.30. The number of benzene rings is 1. The molecule has 0 aliphatic carbocycles. The Morgan fingerprint density at radius 1 is 1.05 bits per heavy atom. The Kier molecular flexibility index (Phi) is 6.19. The molecule has 1 aromatic rings. The van der Waals surface area contributed by atoms with Gasteiger partial charge < -0.3 is 14.2 Å². The Labute approximate surface area is 122 Å². The number of aryl methyl sites for hydroxylation is 1. The second kappa shape index (κ2) is 8.15. The highest BCUT2D eigenvalue weighted by atomic mass is 16.6. The van der Waals surface area contributed by atoms with Gasteiger partial charge >= 0.3 is 0 Å². The summed E-state index contributed by atoms with van der Waals surface area (Å²) < 4.78 is 16.8. The summed E-state index contributed by atoms with van der Waals surface area (Å²) in [5, 5.41) is 0. The minimum Gasteiger partial charge on any atom is -0.493 e. The molecular formula is C17H26O3. The van der Waals surface area contributed by atoms with Crippen LogP contribution in [0.2, 0.25) is 0 Å². The smallest absolute Gasteiger partial charge is 0.123 e. The van der Waals surface area contributed by atoms with Gasteiger partial charge in [0, 0.05) is 6.07 Å². The monoisotopic (exact) mass is 278 g/mol. The molecule has 1 fully saturated rings. The van der Waals surface area contributed by atoms with Crippen LogP contribution >= 0.6 is 0 Å². The molecule has 1 aliphatic heterocycles. The fourth-order valence-electron chi connectivity index (χ4n) is 2.15. The van der Waals surface area contributed by atoms with Crippen LogP contribution < -0.4 is 9.47 Å². The first kappa shape index (κ1) is 15.2. The molecule has 1 aliphatic rings. The van der Waals surface area contributed by atoms with E-state index in [0.717, 1.165) is 63.4 Å². The van der Waals surface area contributed by atoms with Gasteiger partial charge in [-0.25, -0.2) is 0 Å². The van der Waals surface area contributed by atoms with Crippen molar-refractivity contribution >= 4 is 0 Å². The minimum atomic E-state index is 0.519. The summed E-state index contributed by atoms with van der Waals surface area (Å²) in [6, 6.07) is 6.28. The molecule has 3 nitrogen and oxygen atoms in total. The average Bonchev–Trinajstić information content (AvgIpc) is 3.27. The maximum Gasteiger partial charge on any atom is 0.123 e. The van der Waals surface area contributed by atoms with Crippen LogP contribution in [0.15, 0.2) is 18.2 Å². The zero-order valence-corrected chi connectivity index (χ0v) is 12.7. The third-order valence-corrected chi connectivity index (χ3v) is 3.28. The first-order valence-electron chi connectivity index (χ1n) is 7.83. The van der Waals surface area contributed by atoms with Crippen LogP contribution in [0.4, 0.5) is 0 Å². The van der Waals surface area contributed by atoms with Crippen molar-refractivity contribution in [1.29, 1.82) is 0 Å². The Balaban J connectivity index is 1.94. The summed E-state index contributed by atoms with van der Waals surface area (Å²) in [6.45, 7) is 6.70. The van der Waals surface area contributed by atoms with E-state index >= 15 is 0 Å². The first-order chi connectivity index (χ1) is 9.81.